The molecule has 2 heterocycles. The number of hydrogen-bond acceptors (Lipinski definition) is 3. The number of carbonyl (C=O) groups excluding carboxylic acids is 1. The second-order valence-electron chi connectivity index (χ2n) is 5.95. The highest BCUT2D eigenvalue weighted by Gasteiger charge is 2.59. The Morgan fingerprint density at radius 3 is 2.88 bits per heavy atom. The highest BCUT2D eigenvalue weighted by molar-refractivity contribution is 5.83. The van der Waals surface area contributed by atoms with E-state index in [1.807, 2.05) is 6.08 Å². The van der Waals surface area contributed by atoms with Crippen molar-refractivity contribution in [2.75, 3.05) is 6.54 Å². The summed E-state index contributed by atoms with van der Waals surface area (Å²) in [6, 6.07) is 0. The van der Waals surface area contributed by atoms with E-state index < -0.39 is 5.54 Å². The van der Waals surface area contributed by atoms with Crippen molar-refractivity contribution in [2.24, 2.45) is 5.41 Å². The molecule has 2 fully saturated rings. The molecule has 2 atom stereocenters. The van der Waals surface area contributed by atoms with Crippen molar-refractivity contribution in [2.45, 2.75) is 51.8 Å². The molecule has 3 nitrogen and oxygen atoms in total. The van der Waals surface area contributed by atoms with E-state index in [9.17, 15) is 4.79 Å². The Balaban J connectivity index is 2.32. The fourth-order valence-corrected chi connectivity index (χ4v) is 2.92. The predicted molar refractivity (Wildman–Crippen MR) is 62.8 cm³/mol. The summed E-state index contributed by atoms with van der Waals surface area (Å²) in [5.41, 5.74) is -0.428. The van der Waals surface area contributed by atoms with Gasteiger partial charge in [0, 0.05) is 12.0 Å². The Kier molecular flexibility index (Phi) is 2.61. The minimum absolute atomic E-state index is 0.0249. The number of rotatable bonds is 2. The van der Waals surface area contributed by atoms with Crippen LogP contribution in [0.5, 0.6) is 0 Å². The van der Waals surface area contributed by atoms with Gasteiger partial charge < -0.3 is 4.74 Å². The topological polar surface area (TPSA) is 29.5 Å². The Labute approximate surface area is 97.5 Å². The monoisotopic (exact) mass is 223 g/mol. The smallest absolute Gasteiger partial charge is 0.328 e. The minimum Gasteiger partial charge on any atom is -0.444 e. The average molecular weight is 223 g/mol. The first-order valence-corrected chi connectivity index (χ1v) is 6.00. The zero-order valence-corrected chi connectivity index (χ0v) is 10.5. The quantitative estimate of drug-likeness (QED) is 0.531. The molecule has 0 radical (unpaired) electrons. The molecule has 0 saturated carbocycles. The SMILES string of the molecule is C=CC[C@@]12CCCN1C(C(C)(C)C)OC2=O. The Bertz CT molecular complexity index is 318. The highest BCUT2D eigenvalue weighted by Crippen LogP contribution is 2.45. The molecule has 16 heavy (non-hydrogen) atoms. The van der Waals surface area contributed by atoms with Gasteiger partial charge in [-0.2, -0.15) is 0 Å². The highest BCUT2D eigenvalue weighted by atomic mass is 16.6. The zero-order chi connectivity index (χ0) is 12.0. The van der Waals surface area contributed by atoms with Gasteiger partial charge in [0.15, 0.2) is 6.23 Å². The van der Waals surface area contributed by atoms with Crippen LogP contribution in [0.4, 0.5) is 0 Å². The van der Waals surface area contributed by atoms with Crippen molar-refractivity contribution in [3.05, 3.63) is 12.7 Å². The number of hydrogen-bond donors (Lipinski definition) is 0. The zero-order valence-electron chi connectivity index (χ0n) is 10.5. The van der Waals surface area contributed by atoms with Gasteiger partial charge in [-0.1, -0.05) is 26.8 Å². The molecular formula is C13H21NO2. The number of fused-ring (bicyclic) bond motifs is 1. The normalized spacial score (nSPS) is 34.9. The summed E-state index contributed by atoms with van der Waals surface area (Å²) < 4.78 is 5.59. The van der Waals surface area contributed by atoms with Crippen molar-refractivity contribution in [1.82, 2.24) is 4.90 Å². The Morgan fingerprint density at radius 2 is 2.31 bits per heavy atom. The third-order valence-corrected chi connectivity index (χ3v) is 3.64. The average Bonchev–Trinajstić information content (AvgIpc) is 2.66. The van der Waals surface area contributed by atoms with Crippen LogP contribution in [0.3, 0.4) is 0 Å². The minimum atomic E-state index is -0.403. The molecule has 2 aliphatic heterocycles. The van der Waals surface area contributed by atoms with Crippen LogP contribution in [0.15, 0.2) is 12.7 Å². The van der Waals surface area contributed by atoms with E-state index in [2.05, 4.69) is 32.3 Å². The fourth-order valence-electron chi connectivity index (χ4n) is 2.92. The molecule has 0 bridgehead atoms. The lowest BCUT2D eigenvalue weighted by atomic mass is 9.90. The largest absolute Gasteiger partial charge is 0.444 e. The van der Waals surface area contributed by atoms with Crippen LogP contribution in [0.25, 0.3) is 0 Å². The van der Waals surface area contributed by atoms with Gasteiger partial charge in [0.25, 0.3) is 0 Å². The number of esters is 1. The van der Waals surface area contributed by atoms with Gasteiger partial charge in [-0.15, -0.1) is 6.58 Å². The van der Waals surface area contributed by atoms with Gasteiger partial charge in [-0.25, -0.2) is 4.79 Å². The van der Waals surface area contributed by atoms with Gasteiger partial charge in [-0.3, -0.25) is 4.90 Å². The summed E-state index contributed by atoms with van der Waals surface area (Å²) in [7, 11) is 0. The lowest BCUT2D eigenvalue weighted by molar-refractivity contribution is -0.149. The summed E-state index contributed by atoms with van der Waals surface area (Å²) in [4.78, 5) is 14.4. The molecule has 3 heteroatoms. The van der Waals surface area contributed by atoms with Gasteiger partial charge in [0.05, 0.1) is 0 Å². The molecule has 0 aromatic carbocycles. The van der Waals surface area contributed by atoms with Gasteiger partial charge in [0.1, 0.15) is 5.54 Å². The molecule has 2 rings (SSSR count). The molecule has 2 saturated heterocycles. The lowest BCUT2D eigenvalue weighted by Gasteiger charge is -2.35. The van der Waals surface area contributed by atoms with Crippen LogP contribution < -0.4 is 0 Å². The van der Waals surface area contributed by atoms with Crippen molar-refractivity contribution in [3.8, 4) is 0 Å². The van der Waals surface area contributed by atoms with Crippen LogP contribution in [0.1, 0.15) is 40.0 Å². The van der Waals surface area contributed by atoms with Crippen LogP contribution in [-0.2, 0) is 9.53 Å². The molecule has 0 spiro atoms. The summed E-state index contributed by atoms with van der Waals surface area (Å²) in [6.07, 6.45) is 4.45. The second-order valence-corrected chi connectivity index (χ2v) is 5.95. The van der Waals surface area contributed by atoms with Crippen LogP contribution in [0, 0.1) is 5.41 Å². The van der Waals surface area contributed by atoms with Crippen LogP contribution >= 0.6 is 0 Å². The summed E-state index contributed by atoms with van der Waals surface area (Å²) in [5, 5.41) is 0. The molecule has 0 N–H and O–H groups in total. The van der Waals surface area contributed by atoms with Crippen molar-refractivity contribution >= 4 is 5.97 Å². The molecule has 0 aliphatic carbocycles. The first kappa shape index (κ1) is 11.6. The van der Waals surface area contributed by atoms with Crippen LogP contribution in [-0.4, -0.2) is 29.2 Å². The second kappa shape index (κ2) is 3.59. The summed E-state index contributed by atoms with van der Waals surface area (Å²) in [6.45, 7) is 11.1. The van der Waals surface area contributed by atoms with E-state index in [1.54, 1.807) is 0 Å². The number of carbonyl (C=O) groups is 1. The predicted octanol–water partition coefficient (Wildman–Crippen LogP) is 2.33. The third kappa shape index (κ3) is 1.49. The Hall–Kier alpha value is -0.830. The first-order chi connectivity index (χ1) is 7.42. The number of ether oxygens (including phenoxy) is 1. The van der Waals surface area contributed by atoms with Crippen LogP contribution in [0.2, 0.25) is 0 Å². The lowest BCUT2D eigenvalue weighted by Crippen LogP contribution is -2.48. The van der Waals surface area contributed by atoms with Gasteiger partial charge in [0.2, 0.25) is 0 Å². The number of cyclic esters (lactones) is 1. The number of nitrogens with zero attached hydrogens (tertiary/aromatic N) is 1. The maximum Gasteiger partial charge on any atom is 0.328 e. The van der Waals surface area contributed by atoms with Gasteiger partial charge in [-0.05, 0) is 19.3 Å². The first-order valence-electron chi connectivity index (χ1n) is 6.00. The molecular weight excluding hydrogens is 202 g/mol. The summed E-state index contributed by atoms with van der Waals surface area (Å²) in [5.74, 6) is -0.0511. The van der Waals surface area contributed by atoms with E-state index in [0.29, 0.717) is 6.42 Å². The molecule has 1 unspecified atom stereocenters. The van der Waals surface area contributed by atoms with E-state index >= 15 is 0 Å². The van der Waals surface area contributed by atoms with Crippen molar-refractivity contribution in [3.63, 3.8) is 0 Å². The maximum atomic E-state index is 12.1. The van der Waals surface area contributed by atoms with E-state index in [1.165, 1.54) is 0 Å². The molecule has 0 aromatic rings. The van der Waals surface area contributed by atoms with Crippen molar-refractivity contribution < 1.29 is 9.53 Å². The molecule has 0 aromatic heterocycles. The van der Waals surface area contributed by atoms with Gasteiger partial charge >= 0.3 is 5.97 Å². The summed E-state index contributed by atoms with van der Waals surface area (Å²) >= 11 is 0. The van der Waals surface area contributed by atoms with E-state index in [4.69, 9.17) is 4.74 Å². The standard InChI is InChI=1S/C13H21NO2/c1-5-7-13-8-6-9-14(13)10(12(2,3)4)16-11(13)15/h5,10H,1,6-9H2,2-4H3/t10?,13-/m0/s1. The third-order valence-electron chi connectivity index (χ3n) is 3.64. The maximum absolute atomic E-state index is 12.1. The van der Waals surface area contributed by atoms with E-state index in [0.717, 1.165) is 19.4 Å². The fraction of sp³-hybridized carbons (Fsp3) is 0.769. The molecule has 90 valence electrons. The van der Waals surface area contributed by atoms with E-state index in [-0.39, 0.29) is 17.6 Å². The Morgan fingerprint density at radius 1 is 1.62 bits per heavy atom. The molecule has 0 amide bonds. The molecule has 2 aliphatic rings. The van der Waals surface area contributed by atoms with Crippen molar-refractivity contribution in [1.29, 1.82) is 0 Å².